The van der Waals surface area contributed by atoms with Gasteiger partial charge in [0.2, 0.25) is 5.82 Å². The van der Waals surface area contributed by atoms with Crippen LogP contribution in [0.1, 0.15) is 43.0 Å². The molecule has 128 valence electrons. The van der Waals surface area contributed by atoms with Gasteiger partial charge in [-0.05, 0) is 43.0 Å². The van der Waals surface area contributed by atoms with Crippen LogP contribution in [0.3, 0.4) is 0 Å². The maximum absolute atomic E-state index is 12.8. The number of nitrogens with zero attached hydrogens (tertiary/aromatic N) is 4. The highest BCUT2D eigenvalue weighted by Crippen LogP contribution is 2.18. The summed E-state index contributed by atoms with van der Waals surface area (Å²) in [5.41, 5.74) is 1.50. The summed E-state index contributed by atoms with van der Waals surface area (Å²) < 4.78 is 5.79. The standard InChI is InChI=1S/C17H23N5O2/c1-2-10-22(12-15-5-3-4-11-24-15)17(23)14-8-6-13(7-9-14)16-18-20-21-19-16/h6-9,15H,2-5,10-12H2,1H3,(H,18,19,20,21). The van der Waals surface area contributed by atoms with Crippen LogP contribution in [0.2, 0.25) is 0 Å². The minimum atomic E-state index is 0.0469. The van der Waals surface area contributed by atoms with Gasteiger partial charge in [-0.25, -0.2) is 0 Å². The number of carbonyl (C=O) groups is 1. The summed E-state index contributed by atoms with van der Waals surface area (Å²) in [5, 5.41) is 13.9. The normalized spacial score (nSPS) is 17.6. The van der Waals surface area contributed by atoms with Crippen LogP contribution in [0.5, 0.6) is 0 Å². The molecule has 2 heterocycles. The maximum atomic E-state index is 12.8. The molecule has 1 unspecified atom stereocenters. The van der Waals surface area contributed by atoms with Crippen molar-refractivity contribution in [2.24, 2.45) is 0 Å². The lowest BCUT2D eigenvalue weighted by molar-refractivity contribution is -0.00383. The number of benzene rings is 1. The lowest BCUT2D eigenvalue weighted by Crippen LogP contribution is -2.40. The van der Waals surface area contributed by atoms with E-state index in [0.717, 1.165) is 38.0 Å². The van der Waals surface area contributed by atoms with Gasteiger partial charge in [0.25, 0.3) is 5.91 Å². The minimum Gasteiger partial charge on any atom is -0.376 e. The SMILES string of the molecule is CCCN(CC1CCCCO1)C(=O)c1ccc(-c2nn[nH]n2)cc1. The van der Waals surface area contributed by atoms with Gasteiger partial charge in [0.1, 0.15) is 0 Å². The largest absolute Gasteiger partial charge is 0.376 e. The molecular weight excluding hydrogens is 306 g/mol. The van der Waals surface area contributed by atoms with Gasteiger partial charge < -0.3 is 9.64 Å². The van der Waals surface area contributed by atoms with Crippen LogP contribution in [-0.2, 0) is 4.74 Å². The van der Waals surface area contributed by atoms with Crippen LogP contribution in [0.4, 0.5) is 0 Å². The van der Waals surface area contributed by atoms with E-state index >= 15 is 0 Å². The van der Waals surface area contributed by atoms with E-state index < -0.39 is 0 Å². The summed E-state index contributed by atoms with van der Waals surface area (Å²) in [4.78, 5) is 14.7. The van der Waals surface area contributed by atoms with Crippen LogP contribution < -0.4 is 0 Å². The quantitative estimate of drug-likeness (QED) is 0.879. The molecule has 7 heteroatoms. The molecule has 1 aromatic heterocycles. The molecule has 24 heavy (non-hydrogen) atoms. The molecule has 1 amide bonds. The van der Waals surface area contributed by atoms with Crippen molar-refractivity contribution in [2.45, 2.75) is 38.7 Å². The van der Waals surface area contributed by atoms with E-state index in [0.29, 0.717) is 17.9 Å². The number of hydrogen-bond donors (Lipinski definition) is 1. The fourth-order valence-corrected chi connectivity index (χ4v) is 2.97. The molecule has 3 rings (SSSR count). The molecule has 2 aromatic rings. The Labute approximate surface area is 141 Å². The average molecular weight is 329 g/mol. The summed E-state index contributed by atoms with van der Waals surface area (Å²) in [5.74, 6) is 0.570. The van der Waals surface area contributed by atoms with E-state index in [1.807, 2.05) is 29.2 Å². The van der Waals surface area contributed by atoms with Gasteiger partial charge in [-0.1, -0.05) is 19.1 Å². The molecule has 1 aliphatic heterocycles. The van der Waals surface area contributed by atoms with Crippen LogP contribution in [0.15, 0.2) is 24.3 Å². The highest BCUT2D eigenvalue weighted by atomic mass is 16.5. The summed E-state index contributed by atoms with van der Waals surface area (Å²) >= 11 is 0. The summed E-state index contributed by atoms with van der Waals surface area (Å²) in [6, 6.07) is 7.33. The van der Waals surface area contributed by atoms with Gasteiger partial charge >= 0.3 is 0 Å². The number of ether oxygens (including phenoxy) is 1. The fraction of sp³-hybridized carbons (Fsp3) is 0.529. The van der Waals surface area contributed by atoms with Crippen molar-refractivity contribution in [2.75, 3.05) is 19.7 Å². The van der Waals surface area contributed by atoms with Crippen molar-refractivity contribution >= 4 is 5.91 Å². The second kappa shape index (κ2) is 8.01. The van der Waals surface area contributed by atoms with Gasteiger partial charge in [0.15, 0.2) is 0 Å². The second-order valence-corrected chi connectivity index (χ2v) is 6.05. The Morgan fingerprint density at radius 1 is 1.33 bits per heavy atom. The number of aromatic nitrogens is 4. The van der Waals surface area contributed by atoms with Crippen molar-refractivity contribution in [3.05, 3.63) is 29.8 Å². The molecule has 0 bridgehead atoms. The van der Waals surface area contributed by atoms with Crippen LogP contribution in [0, 0.1) is 0 Å². The monoisotopic (exact) mass is 329 g/mol. The number of tetrazole rings is 1. The molecule has 0 spiro atoms. The lowest BCUT2D eigenvalue weighted by atomic mass is 10.1. The van der Waals surface area contributed by atoms with Crippen LogP contribution in [0.25, 0.3) is 11.4 Å². The zero-order valence-electron chi connectivity index (χ0n) is 13.9. The lowest BCUT2D eigenvalue weighted by Gasteiger charge is -2.30. The first-order valence-electron chi connectivity index (χ1n) is 8.52. The Balaban J connectivity index is 1.69. The molecule has 1 saturated heterocycles. The summed E-state index contributed by atoms with van der Waals surface area (Å²) in [6.45, 7) is 4.30. The molecule has 7 nitrogen and oxygen atoms in total. The van der Waals surface area contributed by atoms with E-state index in [4.69, 9.17) is 4.74 Å². The molecule has 0 aliphatic carbocycles. The number of carbonyl (C=O) groups excluding carboxylic acids is 1. The molecule has 1 aliphatic rings. The molecule has 1 fully saturated rings. The van der Waals surface area contributed by atoms with Gasteiger partial charge in [-0.3, -0.25) is 4.79 Å². The zero-order chi connectivity index (χ0) is 16.8. The van der Waals surface area contributed by atoms with E-state index in [2.05, 4.69) is 27.5 Å². The predicted octanol–water partition coefficient (Wildman–Crippen LogP) is 2.29. The number of H-pyrrole nitrogens is 1. The Bertz CT molecular complexity index is 636. The van der Waals surface area contributed by atoms with Crippen LogP contribution >= 0.6 is 0 Å². The molecule has 1 aromatic carbocycles. The van der Waals surface area contributed by atoms with E-state index in [1.165, 1.54) is 6.42 Å². The summed E-state index contributed by atoms with van der Waals surface area (Å²) in [6.07, 6.45) is 4.42. The topological polar surface area (TPSA) is 84.0 Å². The zero-order valence-corrected chi connectivity index (χ0v) is 13.9. The fourth-order valence-electron chi connectivity index (χ4n) is 2.97. The van der Waals surface area contributed by atoms with Crippen molar-refractivity contribution in [1.82, 2.24) is 25.5 Å². The molecule has 1 atom stereocenters. The first-order valence-corrected chi connectivity index (χ1v) is 8.52. The molecular formula is C17H23N5O2. The van der Waals surface area contributed by atoms with Gasteiger partial charge in [0.05, 0.1) is 6.10 Å². The maximum Gasteiger partial charge on any atom is 0.253 e. The van der Waals surface area contributed by atoms with Crippen molar-refractivity contribution in [3.63, 3.8) is 0 Å². The smallest absolute Gasteiger partial charge is 0.253 e. The van der Waals surface area contributed by atoms with Gasteiger partial charge in [-0.2, -0.15) is 5.21 Å². The molecule has 1 N–H and O–H groups in total. The Kier molecular flexibility index (Phi) is 5.53. The Hall–Kier alpha value is -2.28. The summed E-state index contributed by atoms with van der Waals surface area (Å²) in [7, 11) is 0. The first-order chi connectivity index (χ1) is 11.8. The molecule has 0 radical (unpaired) electrons. The van der Waals surface area contributed by atoms with Gasteiger partial charge in [0, 0.05) is 30.8 Å². The first kappa shape index (κ1) is 16.6. The Morgan fingerprint density at radius 2 is 2.17 bits per heavy atom. The number of hydrogen-bond acceptors (Lipinski definition) is 5. The van der Waals surface area contributed by atoms with Crippen molar-refractivity contribution < 1.29 is 9.53 Å². The van der Waals surface area contributed by atoms with E-state index in [1.54, 1.807) is 0 Å². The van der Waals surface area contributed by atoms with Crippen LogP contribution in [-0.4, -0.2) is 57.2 Å². The number of nitrogens with one attached hydrogen (secondary N) is 1. The number of aromatic amines is 1. The van der Waals surface area contributed by atoms with Gasteiger partial charge in [-0.15, -0.1) is 10.2 Å². The third kappa shape index (κ3) is 3.97. The minimum absolute atomic E-state index is 0.0469. The molecule has 0 saturated carbocycles. The number of amides is 1. The second-order valence-electron chi connectivity index (χ2n) is 6.05. The average Bonchev–Trinajstić information content (AvgIpc) is 3.16. The van der Waals surface area contributed by atoms with E-state index in [9.17, 15) is 4.79 Å². The van der Waals surface area contributed by atoms with Crippen molar-refractivity contribution in [3.8, 4) is 11.4 Å². The number of rotatable bonds is 6. The highest BCUT2D eigenvalue weighted by molar-refractivity contribution is 5.94. The van der Waals surface area contributed by atoms with E-state index in [-0.39, 0.29) is 12.0 Å². The highest BCUT2D eigenvalue weighted by Gasteiger charge is 2.22. The third-order valence-corrected chi connectivity index (χ3v) is 4.21. The predicted molar refractivity (Wildman–Crippen MR) is 89.4 cm³/mol. The van der Waals surface area contributed by atoms with Crippen molar-refractivity contribution in [1.29, 1.82) is 0 Å². The third-order valence-electron chi connectivity index (χ3n) is 4.21. The Morgan fingerprint density at radius 3 is 2.79 bits per heavy atom.